The van der Waals surface area contributed by atoms with E-state index in [1.54, 1.807) is 48.5 Å². The molecule has 168 valence electrons. The number of hydrogen-bond donors (Lipinski definition) is 2. The van der Waals surface area contributed by atoms with Crippen molar-refractivity contribution in [1.29, 1.82) is 0 Å². The molecular weight excluding hydrogens is 418 g/mol. The molecule has 0 fully saturated rings. The number of aliphatic hydroxyl groups excluding tert-OH is 1. The third-order valence-corrected chi connectivity index (χ3v) is 5.38. The predicted octanol–water partition coefficient (Wildman–Crippen LogP) is 2.39. The lowest BCUT2D eigenvalue weighted by Gasteiger charge is -2.37. The molecule has 0 radical (unpaired) electrons. The molecule has 9 heteroatoms. The van der Waals surface area contributed by atoms with E-state index in [9.17, 15) is 14.7 Å². The molecule has 9 nitrogen and oxygen atoms in total. The molecule has 2 aliphatic rings. The molecule has 2 aromatic carbocycles. The summed E-state index contributed by atoms with van der Waals surface area (Å²) in [5.74, 6) is 0.0560. The minimum Gasteiger partial charge on any atom is -0.493 e. The minimum atomic E-state index is -1.11. The van der Waals surface area contributed by atoms with Crippen molar-refractivity contribution in [3.8, 4) is 17.2 Å². The van der Waals surface area contributed by atoms with Gasteiger partial charge in [0.1, 0.15) is 12.2 Å². The Kier molecular flexibility index (Phi) is 6.18. The number of nitrogens with one attached hydrogen (secondary N) is 1. The molecule has 1 amide bonds. The van der Waals surface area contributed by atoms with E-state index < -0.39 is 36.2 Å². The molecule has 1 aliphatic carbocycles. The van der Waals surface area contributed by atoms with Crippen molar-refractivity contribution >= 4 is 12.1 Å². The molecule has 0 saturated heterocycles. The van der Waals surface area contributed by atoms with Crippen LogP contribution in [0.15, 0.2) is 54.6 Å². The highest BCUT2D eigenvalue weighted by molar-refractivity contribution is 5.89. The van der Waals surface area contributed by atoms with Crippen LogP contribution in [0.2, 0.25) is 0 Å². The van der Waals surface area contributed by atoms with Crippen LogP contribution in [-0.2, 0) is 9.47 Å². The minimum absolute atomic E-state index is 0.0403. The van der Waals surface area contributed by atoms with Gasteiger partial charge in [-0.25, -0.2) is 9.59 Å². The fourth-order valence-electron chi connectivity index (χ4n) is 3.86. The van der Waals surface area contributed by atoms with E-state index in [0.717, 1.165) is 0 Å². The SMILES string of the molecule is COC(=O)N[C@H]1C=C[C@@H](O)[C@H](OC(=O)c2ccccc2)[C@@H]1c1cc(OC)c2c(c1)OCO2. The van der Waals surface area contributed by atoms with Crippen LogP contribution in [0.1, 0.15) is 21.8 Å². The average molecular weight is 441 g/mol. The molecule has 1 aliphatic heterocycles. The number of amides is 1. The Bertz CT molecular complexity index is 1020. The van der Waals surface area contributed by atoms with Gasteiger partial charge in [0.25, 0.3) is 0 Å². The number of benzene rings is 2. The number of rotatable bonds is 5. The molecule has 0 spiro atoms. The normalized spacial score (nSPS) is 23.3. The maximum Gasteiger partial charge on any atom is 0.407 e. The summed E-state index contributed by atoms with van der Waals surface area (Å²) in [6, 6.07) is 11.2. The van der Waals surface area contributed by atoms with E-state index in [1.165, 1.54) is 20.3 Å². The lowest BCUT2D eigenvalue weighted by atomic mass is 9.79. The second-order valence-corrected chi connectivity index (χ2v) is 7.26. The van der Waals surface area contributed by atoms with Gasteiger partial charge in [-0.3, -0.25) is 0 Å². The summed E-state index contributed by atoms with van der Waals surface area (Å²) in [4.78, 5) is 24.8. The fourth-order valence-corrected chi connectivity index (χ4v) is 3.86. The summed E-state index contributed by atoms with van der Waals surface area (Å²) in [6.07, 6.45) is 0.321. The number of fused-ring (bicyclic) bond motifs is 1. The predicted molar refractivity (Wildman–Crippen MR) is 112 cm³/mol. The smallest absolute Gasteiger partial charge is 0.407 e. The zero-order valence-corrected chi connectivity index (χ0v) is 17.5. The molecular formula is C23H23NO8. The molecule has 0 aromatic heterocycles. The van der Waals surface area contributed by atoms with Gasteiger partial charge < -0.3 is 34.1 Å². The molecule has 1 heterocycles. The van der Waals surface area contributed by atoms with Crippen molar-refractivity contribution in [2.24, 2.45) is 0 Å². The first-order valence-corrected chi connectivity index (χ1v) is 9.96. The van der Waals surface area contributed by atoms with Crippen LogP contribution in [0, 0.1) is 0 Å². The van der Waals surface area contributed by atoms with Gasteiger partial charge in [0.15, 0.2) is 11.5 Å². The van der Waals surface area contributed by atoms with Gasteiger partial charge in [-0.15, -0.1) is 0 Å². The van der Waals surface area contributed by atoms with Crippen molar-refractivity contribution in [2.45, 2.75) is 24.2 Å². The van der Waals surface area contributed by atoms with Gasteiger partial charge in [-0.05, 0) is 29.8 Å². The van der Waals surface area contributed by atoms with E-state index in [1.807, 2.05) is 0 Å². The number of alkyl carbamates (subject to hydrolysis) is 1. The van der Waals surface area contributed by atoms with Crippen LogP contribution in [0.4, 0.5) is 4.79 Å². The van der Waals surface area contributed by atoms with E-state index in [-0.39, 0.29) is 6.79 Å². The van der Waals surface area contributed by atoms with Gasteiger partial charge in [0.2, 0.25) is 12.5 Å². The third kappa shape index (κ3) is 4.19. The van der Waals surface area contributed by atoms with Gasteiger partial charge in [0, 0.05) is 5.92 Å². The Balaban J connectivity index is 1.74. The second kappa shape index (κ2) is 9.19. The first-order chi connectivity index (χ1) is 15.5. The highest BCUT2D eigenvalue weighted by Gasteiger charge is 2.41. The Hall–Kier alpha value is -3.72. The second-order valence-electron chi connectivity index (χ2n) is 7.26. The number of ether oxygens (including phenoxy) is 5. The number of carbonyl (C=O) groups excluding carboxylic acids is 2. The first-order valence-electron chi connectivity index (χ1n) is 9.96. The monoisotopic (exact) mass is 441 g/mol. The van der Waals surface area contributed by atoms with E-state index >= 15 is 0 Å². The average Bonchev–Trinajstić information content (AvgIpc) is 3.29. The third-order valence-electron chi connectivity index (χ3n) is 5.38. The van der Waals surface area contributed by atoms with E-state index in [4.69, 9.17) is 23.7 Å². The number of carbonyl (C=O) groups is 2. The molecule has 0 saturated carbocycles. The maximum absolute atomic E-state index is 12.8. The highest BCUT2D eigenvalue weighted by atomic mass is 16.7. The van der Waals surface area contributed by atoms with Gasteiger partial charge in [-0.2, -0.15) is 0 Å². The van der Waals surface area contributed by atoms with Crippen LogP contribution in [-0.4, -0.2) is 56.4 Å². The number of aliphatic hydroxyl groups is 1. The highest BCUT2D eigenvalue weighted by Crippen LogP contribution is 2.45. The Morgan fingerprint density at radius 3 is 2.59 bits per heavy atom. The van der Waals surface area contributed by atoms with Crippen LogP contribution < -0.4 is 19.5 Å². The molecule has 4 atom stereocenters. The lowest BCUT2D eigenvalue weighted by molar-refractivity contribution is -0.0210. The zero-order valence-electron chi connectivity index (χ0n) is 17.5. The molecule has 0 unspecified atom stereocenters. The summed E-state index contributed by atoms with van der Waals surface area (Å²) in [6.45, 7) is 0.0403. The quantitative estimate of drug-likeness (QED) is 0.537. The van der Waals surface area contributed by atoms with Crippen LogP contribution >= 0.6 is 0 Å². The van der Waals surface area contributed by atoms with Gasteiger partial charge in [0.05, 0.1) is 25.8 Å². The van der Waals surface area contributed by atoms with Gasteiger partial charge >= 0.3 is 12.1 Å². The molecule has 2 N–H and O–H groups in total. The Morgan fingerprint density at radius 2 is 1.88 bits per heavy atom. The molecule has 32 heavy (non-hydrogen) atoms. The topological polar surface area (TPSA) is 113 Å². The standard InChI is InChI=1S/C23H23NO8/c1-28-17-10-14(11-18-21(17)31-12-30-18)19-15(24-23(27)29-2)8-9-16(25)20(19)32-22(26)13-6-4-3-5-7-13/h3-11,15-16,19-20,25H,12H2,1-2H3,(H,24,27)/t15-,16+,19+,20-/m0/s1. The fraction of sp³-hybridized carbons (Fsp3) is 0.304. The summed E-state index contributed by atoms with van der Waals surface area (Å²) < 4.78 is 26.9. The number of methoxy groups -OCH3 is 2. The Labute approximate surface area is 184 Å². The van der Waals surface area contributed by atoms with Crippen molar-refractivity contribution in [1.82, 2.24) is 5.32 Å². The van der Waals surface area contributed by atoms with Crippen LogP contribution in [0.3, 0.4) is 0 Å². The van der Waals surface area contributed by atoms with Crippen molar-refractivity contribution in [2.75, 3.05) is 21.0 Å². The molecule has 2 aromatic rings. The summed E-state index contributed by atoms with van der Waals surface area (Å²) in [7, 11) is 2.75. The summed E-state index contributed by atoms with van der Waals surface area (Å²) >= 11 is 0. The zero-order chi connectivity index (χ0) is 22.7. The Morgan fingerprint density at radius 1 is 1.09 bits per heavy atom. The largest absolute Gasteiger partial charge is 0.493 e. The number of hydrogen-bond acceptors (Lipinski definition) is 8. The maximum atomic E-state index is 12.8. The molecule has 4 rings (SSSR count). The van der Waals surface area contributed by atoms with E-state index in [2.05, 4.69) is 5.32 Å². The first kappa shape index (κ1) is 21.5. The summed E-state index contributed by atoms with van der Waals surface area (Å²) in [5, 5.41) is 13.5. The number of esters is 1. The van der Waals surface area contributed by atoms with E-state index in [0.29, 0.717) is 28.4 Å². The van der Waals surface area contributed by atoms with Gasteiger partial charge in [-0.1, -0.05) is 30.4 Å². The van der Waals surface area contributed by atoms with Crippen molar-refractivity contribution in [3.63, 3.8) is 0 Å². The summed E-state index contributed by atoms with van der Waals surface area (Å²) in [5.41, 5.74) is 0.954. The van der Waals surface area contributed by atoms with Crippen molar-refractivity contribution < 1.29 is 38.4 Å². The van der Waals surface area contributed by atoms with Crippen LogP contribution in [0.5, 0.6) is 17.2 Å². The van der Waals surface area contributed by atoms with Crippen LogP contribution in [0.25, 0.3) is 0 Å². The molecule has 0 bridgehead atoms. The lowest BCUT2D eigenvalue weighted by Crippen LogP contribution is -2.49. The van der Waals surface area contributed by atoms with Crippen molar-refractivity contribution in [3.05, 3.63) is 65.7 Å².